The Balaban J connectivity index is 0. The molecule has 1 nitrogen and oxygen atoms in total. The van der Waals surface area contributed by atoms with Crippen LogP contribution in [0.15, 0.2) is 84.9 Å². The summed E-state index contributed by atoms with van der Waals surface area (Å²) in [6, 6.07) is 32.6. The van der Waals surface area contributed by atoms with Crippen LogP contribution in [0.4, 0.5) is 0 Å². The molecule has 0 spiro atoms. The second-order valence-corrected chi connectivity index (χ2v) is 4.78. The van der Waals surface area contributed by atoms with Crippen LogP contribution < -0.4 is 5.30 Å². The van der Waals surface area contributed by atoms with Gasteiger partial charge in [-0.05, 0) is 19.1 Å². The third kappa shape index (κ3) is 15.2. The average molecular weight is 470 g/mol. The number of benzene rings is 3. The van der Waals surface area contributed by atoms with Gasteiger partial charge >= 0.3 is 0 Å². The van der Waals surface area contributed by atoms with Crippen LogP contribution in [0, 0.1) is 19.1 Å². The second-order valence-electron chi connectivity index (χ2n) is 4.08. The van der Waals surface area contributed by atoms with Gasteiger partial charge in [-0.3, -0.25) is 4.57 Å². The summed E-state index contributed by atoms with van der Waals surface area (Å²) < 4.78 is 10.2. The Kier molecular flexibility index (Phi) is 20.1. The van der Waals surface area contributed by atoms with Crippen LogP contribution in [0.2, 0.25) is 0 Å². The SMILES string of the molecule is Cc1ccc(P=O)cc1.[Y].[Y].[c-]1ccccc1.[c-]1ccccc1. The molecule has 0 aliphatic heterocycles. The molecule has 3 aromatic rings. The summed E-state index contributed by atoms with van der Waals surface area (Å²) in [6.45, 7) is 2.01. The third-order valence-electron chi connectivity index (χ3n) is 2.35. The molecule has 0 saturated carbocycles. The predicted molar refractivity (Wildman–Crippen MR) is 89.0 cm³/mol. The average Bonchev–Trinajstić information content (AvgIpc) is 2.60. The maximum atomic E-state index is 10.2. The van der Waals surface area contributed by atoms with Crippen LogP contribution in [0.3, 0.4) is 0 Å². The molecular formula is C19H17OPY2-2. The van der Waals surface area contributed by atoms with E-state index in [1.807, 2.05) is 91.9 Å². The molecule has 3 aromatic carbocycles. The molecule has 0 bridgehead atoms. The van der Waals surface area contributed by atoms with Crippen molar-refractivity contribution in [1.82, 2.24) is 0 Å². The van der Waals surface area contributed by atoms with Gasteiger partial charge in [-0.1, -0.05) is 17.7 Å². The summed E-state index contributed by atoms with van der Waals surface area (Å²) >= 11 is 0. The van der Waals surface area contributed by atoms with Gasteiger partial charge in [-0.2, -0.15) is 72.8 Å². The summed E-state index contributed by atoms with van der Waals surface area (Å²) in [5.74, 6) is 0. The molecule has 0 aliphatic carbocycles. The van der Waals surface area contributed by atoms with Crippen molar-refractivity contribution in [3.63, 3.8) is 0 Å². The molecular weight excluding hydrogens is 453 g/mol. The van der Waals surface area contributed by atoms with E-state index in [9.17, 15) is 4.57 Å². The van der Waals surface area contributed by atoms with E-state index < -0.39 is 0 Å². The molecule has 112 valence electrons. The van der Waals surface area contributed by atoms with E-state index in [4.69, 9.17) is 0 Å². The molecule has 0 aliphatic rings. The normalized spacial score (nSPS) is 8.04. The maximum absolute atomic E-state index is 10.2. The van der Waals surface area contributed by atoms with Gasteiger partial charge in [0.25, 0.3) is 0 Å². The van der Waals surface area contributed by atoms with E-state index in [-0.39, 0.29) is 73.9 Å². The zero-order chi connectivity index (χ0) is 15.2. The van der Waals surface area contributed by atoms with Crippen molar-refractivity contribution >= 4 is 13.8 Å². The number of hydrogen-bond donors (Lipinski definition) is 0. The van der Waals surface area contributed by atoms with Crippen molar-refractivity contribution in [2.45, 2.75) is 6.92 Å². The van der Waals surface area contributed by atoms with Gasteiger partial charge < -0.3 is 0 Å². The molecule has 0 atom stereocenters. The topological polar surface area (TPSA) is 17.1 Å². The number of hydrogen-bond acceptors (Lipinski definition) is 1. The zero-order valence-electron chi connectivity index (χ0n) is 13.1. The monoisotopic (exact) mass is 470 g/mol. The van der Waals surface area contributed by atoms with Crippen molar-refractivity contribution in [2.24, 2.45) is 0 Å². The molecule has 0 N–H and O–H groups in total. The summed E-state index contributed by atoms with van der Waals surface area (Å²) in [7, 11) is 0.102. The first-order valence-electron chi connectivity index (χ1n) is 6.55. The Labute approximate surface area is 191 Å². The van der Waals surface area contributed by atoms with Gasteiger partial charge in [0.2, 0.25) is 0 Å². The summed E-state index contributed by atoms with van der Waals surface area (Å²) in [5.41, 5.74) is 1.20. The van der Waals surface area contributed by atoms with Crippen molar-refractivity contribution in [1.29, 1.82) is 0 Å². The quantitative estimate of drug-likeness (QED) is 0.366. The minimum atomic E-state index is 0. The minimum Gasteiger partial charge on any atom is -0.269 e. The minimum absolute atomic E-state index is 0. The first kappa shape index (κ1) is 25.2. The fourth-order valence-corrected chi connectivity index (χ4v) is 1.56. The zero-order valence-corrected chi connectivity index (χ0v) is 19.7. The van der Waals surface area contributed by atoms with Gasteiger partial charge in [0.05, 0.1) is 0 Å². The Morgan fingerprint density at radius 3 is 1.30 bits per heavy atom. The smallest absolute Gasteiger partial charge is 0.192 e. The number of aryl methyl sites for hydroxylation is 1. The Morgan fingerprint density at radius 1 is 0.696 bits per heavy atom. The molecule has 0 saturated heterocycles. The molecule has 0 aromatic heterocycles. The fraction of sp³-hybridized carbons (Fsp3) is 0.0526. The van der Waals surface area contributed by atoms with E-state index in [2.05, 4.69) is 12.1 Å². The van der Waals surface area contributed by atoms with E-state index in [0.717, 1.165) is 5.30 Å². The van der Waals surface area contributed by atoms with Gasteiger partial charge in [0.1, 0.15) is 0 Å². The Bertz CT molecular complexity index is 502. The van der Waals surface area contributed by atoms with Crippen LogP contribution >= 0.6 is 8.46 Å². The van der Waals surface area contributed by atoms with Crippen molar-refractivity contribution in [2.75, 3.05) is 0 Å². The first-order valence-corrected chi connectivity index (χ1v) is 7.36. The Morgan fingerprint density at radius 2 is 1.09 bits per heavy atom. The van der Waals surface area contributed by atoms with E-state index in [1.54, 1.807) is 0 Å². The predicted octanol–water partition coefficient (Wildman–Crippen LogP) is 4.88. The molecule has 23 heavy (non-hydrogen) atoms. The molecule has 3 rings (SSSR count). The standard InChI is InChI=1S/C7H7OP.2C6H5.2Y/c1-6-2-4-7(9-8)5-3-6;2*1-2-4-6-5-3-1;;/h2-5H,1H3;2*1-5H;;/q;2*-1;;. The second kappa shape index (κ2) is 18.3. The Hall–Kier alpha value is -0.0322. The summed E-state index contributed by atoms with van der Waals surface area (Å²) in [5, 5.41) is 0.834. The van der Waals surface area contributed by atoms with Gasteiger partial charge in [-0.25, -0.2) is 0 Å². The van der Waals surface area contributed by atoms with E-state index >= 15 is 0 Å². The van der Waals surface area contributed by atoms with Crippen LogP contribution in [0.1, 0.15) is 5.56 Å². The van der Waals surface area contributed by atoms with E-state index in [0.29, 0.717) is 0 Å². The molecule has 4 heteroatoms. The molecule has 0 heterocycles. The third-order valence-corrected chi connectivity index (χ3v) is 2.86. The van der Waals surface area contributed by atoms with E-state index in [1.165, 1.54) is 5.56 Å². The summed E-state index contributed by atoms with van der Waals surface area (Å²) in [4.78, 5) is 0. The van der Waals surface area contributed by atoms with Crippen molar-refractivity contribution < 1.29 is 70.0 Å². The van der Waals surface area contributed by atoms with Crippen molar-refractivity contribution in [3.05, 3.63) is 103 Å². The van der Waals surface area contributed by atoms with Gasteiger partial charge in [0, 0.05) is 70.7 Å². The van der Waals surface area contributed by atoms with Crippen molar-refractivity contribution in [3.8, 4) is 0 Å². The van der Waals surface area contributed by atoms with Crippen LogP contribution in [0.5, 0.6) is 0 Å². The maximum Gasteiger partial charge on any atom is 0.192 e. The molecule has 0 fully saturated rings. The van der Waals surface area contributed by atoms with Gasteiger partial charge in [0.15, 0.2) is 8.46 Å². The largest absolute Gasteiger partial charge is 0.269 e. The molecule has 0 unspecified atom stereocenters. The van der Waals surface area contributed by atoms with Crippen LogP contribution in [-0.4, -0.2) is 0 Å². The summed E-state index contributed by atoms with van der Waals surface area (Å²) in [6.07, 6.45) is 0. The van der Waals surface area contributed by atoms with Gasteiger partial charge in [-0.15, -0.1) is 0 Å². The van der Waals surface area contributed by atoms with Crippen LogP contribution in [0.25, 0.3) is 0 Å². The molecule has 0 amide bonds. The molecule has 2 radical (unpaired) electrons. The fourth-order valence-electron chi connectivity index (χ4n) is 1.29. The number of rotatable bonds is 1. The first-order chi connectivity index (χ1) is 10.3. The van der Waals surface area contributed by atoms with Crippen LogP contribution in [-0.2, 0) is 70.0 Å².